The molecule has 1 aromatic heterocycles. The van der Waals surface area contributed by atoms with Crippen molar-refractivity contribution in [1.29, 1.82) is 0 Å². The van der Waals surface area contributed by atoms with Gasteiger partial charge in [-0.15, -0.1) is 0 Å². The van der Waals surface area contributed by atoms with Crippen LogP contribution in [0.1, 0.15) is 36.8 Å². The zero-order valence-electron chi connectivity index (χ0n) is 21.5. The molecular formula is C29H32Cl2N4O3. The minimum absolute atomic E-state index is 0.00373. The van der Waals surface area contributed by atoms with Crippen molar-refractivity contribution in [2.75, 3.05) is 26.1 Å². The summed E-state index contributed by atoms with van der Waals surface area (Å²) in [6.07, 6.45) is 6.59. The van der Waals surface area contributed by atoms with Gasteiger partial charge in [0.1, 0.15) is 0 Å². The van der Waals surface area contributed by atoms with E-state index in [0.29, 0.717) is 15.7 Å². The van der Waals surface area contributed by atoms with Crippen molar-refractivity contribution in [1.82, 2.24) is 15.2 Å². The van der Waals surface area contributed by atoms with Gasteiger partial charge in [-0.2, -0.15) is 0 Å². The molecule has 1 aliphatic heterocycles. The normalized spacial score (nSPS) is 22.9. The van der Waals surface area contributed by atoms with Crippen molar-refractivity contribution in [3.8, 4) is 11.5 Å². The van der Waals surface area contributed by atoms with E-state index in [4.69, 9.17) is 32.7 Å². The first-order valence-corrected chi connectivity index (χ1v) is 13.6. The molecule has 9 heteroatoms. The smallest absolute Gasteiger partial charge is 0.319 e. The maximum absolute atomic E-state index is 12.9. The number of ether oxygens (including phenoxy) is 2. The molecule has 38 heavy (non-hydrogen) atoms. The maximum atomic E-state index is 12.9. The Bertz CT molecular complexity index is 1270. The molecule has 2 heterocycles. The van der Waals surface area contributed by atoms with Gasteiger partial charge >= 0.3 is 6.03 Å². The van der Waals surface area contributed by atoms with Crippen LogP contribution in [0.2, 0.25) is 10.0 Å². The Balaban J connectivity index is 1.39. The van der Waals surface area contributed by atoms with Crippen LogP contribution in [0.15, 0.2) is 60.9 Å². The molecule has 2 N–H and O–H groups in total. The van der Waals surface area contributed by atoms with Crippen molar-refractivity contribution >= 4 is 34.9 Å². The molecule has 2 fully saturated rings. The SMILES string of the molecule is COc1ccc(C23CCC(NC(=O)Nc4c(Cl)cncc4Cl)CC2N(Cc2ccccc2)CC3)cc1OC. The lowest BCUT2D eigenvalue weighted by atomic mass is 9.65. The summed E-state index contributed by atoms with van der Waals surface area (Å²) in [6.45, 7) is 1.84. The highest BCUT2D eigenvalue weighted by Crippen LogP contribution is 2.50. The second-order valence-electron chi connectivity index (χ2n) is 10.00. The molecule has 7 nitrogen and oxygen atoms in total. The van der Waals surface area contributed by atoms with Gasteiger partial charge in [-0.25, -0.2) is 4.79 Å². The number of aromatic nitrogens is 1. The number of nitrogens with zero attached hydrogens (tertiary/aromatic N) is 2. The Morgan fingerprint density at radius 1 is 1.05 bits per heavy atom. The zero-order chi connectivity index (χ0) is 26.7. The number of amides is 2. The number of urea groups is 1. The van der Waals surface area contributed by atoms with Crippen LogP contribution in [-0.4, -0.2) is 48.8 Å². The zero-order valence-corrected chi connectivity index (χ0v) is 23.1. The summed E-state index contributed by atoms with van der Waals surface area (Å²) in [5, 5.41) is 6.58. The molecule has 0 radical (unpaired) electrons. The number of benzene rings is 2. The number of fused-ring (bicyclic) bond motifs is 1. The number of rotatable bonds is 7. The molecule has 2 amide bonds. The fraction of sp³-hybridized carbons (Fsp3) is 0.379. The second-order valence-corrected chi connectivity index (χ2v) is 10.8. The molecule has 3 aromatic rings. The second kappa shape index (κ2) is 11.4. The molecule has 0 spiro atoms. The van der Waals surface area contributed by atoms with Gasteiger partial charge in [0, 0.05) is 36.4 Å². The average molecular weight is 556 g/mol. The van der Waals surface area contributed by atoms with Crippen molar-refractivity contribution in [2.24, 2.45) is 0 Å². The van der Waals surface area contributed by atoms with E-state index in [2.05, 4.69) is 56.9 Å². The van der Waals surface area contributed by atoms with Crippen molar-refractivity contribution in [3.63, 3.8) is 0 Å². The monoisotopic (exact) mass is 554 g/mol. The Labute approximate surface area is 233 Å². The third kappa shape index (κ3) is 5.28. The van der Waals surface area contributed by atoms with Crippen LogP contribution in [-0.2, 0) is 12.0 Å². The molecule has 3 unspecified atom stereocenters. The van der Waals surface area contributed by atoms with Gasteiger partial charge in [0.05, 0.1) is 30.0 Å². The molecule has 1 aliphatic carbocycles. The Morgan fingerprint density at radius 3 is 2.50 bits per heavy atom. The summed E-state index contributed by atoms with van der Waals surface area (Å²) >= 11 is 12.4. The Morgan fingerprint density at radius 2 is 1.79 bits per heavy atom. The highest BCUT2D eigenvalue weighted by molar-refractivity contribution is 6.39. The lowest BCUT2D eigenvalue weighted by Crippen LogP contribution is -2.52. The van der Waals surface area contributed by atoms with Crippen LogP contribution in [0.4, 0.5) is 10.5 Å². The van der Waals surface area contributed by atoms with E-state index in [-0.39, 0.29) is 23.5 Å². The number of halogens is 2. The predicted molar refractivity (Wildman–Crippen MR) is 151 cm³/mol. The van der Waals surface area contributed by atoms with E-state index in [0.717, 1.165) is 50.3 Å². The number of carbonyl (C=O) groups excluding carboxylic acids is 1. The number of hydrogen-bond donors (Lipinski definition) is 2. The summed E-state index contributed by atoms with van der Waals surface area (Å²) in [5.74, 6) is 1.47. The minimum atomic E-state index is -0.323. The van der Waals surface area contributed by atoms with Crippen molar-refractivity contribution in [3.05, 3.63) is 82.1 Å². The summed E-state index contributed by atoms with van der Waals surface area (Å²) in [5.41, 5.74) is 2.86. The third-order valence-corrected chi connectivity index (χ3v) is 8.56. The number of nitrogens with one attached hydrogen (secondary N) is 2. The largest absolute Gasteiger partial charge is 0.493 e. The van der Waals surface area contributed by atoms with Crippen LogP contribution < -0.4 is 20.1 Å². The topological polar surface area (TPSA) is 75.7 Å². The number of methoxy groups -OCH3 is 2. The molecule has 0 bridgehead atoms. The van der Waals surface area contributed by atoms with Crippen LogP contribution in [0.25, 0.3) is 0 Å². The molecule has 5 rings (SSSR count). The van der Waals surface area contributed by atoms with E-state index >= 15 is 0 Å². The number of likely N-dealkylation sites (tertiary alicyclic amines) is 1. The maximum Gasteiger partial charge on any atom is 0.319 e. The van der Waals surface area contributed by atoms with Crippen molar-refractivity contribution < 1.29 is 14.3 Å². The number of pyridine rings is 1. The van der Waals surface area contributed by atoms with Gasteiger partial charge in [0.2, 0.25) is 0 Å². The Kier molecular flexibility index (Phi) is 7.98. The van der Waals surface area contributed by atoms with Crippen LogP contribution in [0.5, 0.6) is 11.5 Å². The lowest BCUT2D eigenvalue weighted by molar-refractivity contribution is 0.131. The van der Waals surface area contributed by atoms with Gasteiger partial charge in [-0.1, -0.05) is 59.6 Å². The van der Waals surface area contributed by atoms with Crippen LogP contribution in [0, 0.1) is 0 Å². The minimum Gasteiger partial charge on any atom is -0.493 e. The standard InChI is InChI=1S/C29H32Cl2N4O3/c1-37-24-9-8-20(14-25(24)38-2)29-11-10-21(33-28(36)34-27-22(30)16-32-17-23(27)31)15-26(29)35(13-12-29)18-19-6-4-3-5-7-19/h3-9,14,16-17,21,26H,10-13,15,18H2,1-2H3,(H2,32,33,34,36). The third-order valence-electron chi connectivity index (χ3n) is 7.98. The first-order chi connectivity index (χ1) is 18.4. The quantitative estimate of drug-likeness (QED) is 0.358. The average Bonchev–Trinajstić information content (AvgIpc) is 3.29. The highest BCUT2D eigenvalue weighted by atomic mass is 35.5. The molecule has 1 saturated heterocycles. The van der Waals surface area contributed by atoms with Gasteiger partial charge in [0.25, 0.3) is 0 Å². The highest BCUT2D eigenvalue weighted by Gasteiger charge is 2.51. The molecule has 2 aliphatic rings. The lowest BCUT2D eigenvalue weighted by Gasteiger charge is -2.45. The number of carbonyl (C=O) groups is 1. The summed E-state index contributed by atoms with van der Waals surface area (Å²) in [7, 11) is 3.33. The van der Waals surface area contributed by atoms with E-state index in [1.54, 1.807) is 14.2 Å². The molecular weight excluding hydrogens is 523 g/mol. The molecule has 200 valence electrons. The Hall–Kier alpha value is -3.00. The summed E-state index contributed by atoms with van der Waals surface area (Å²) in [6, 6.07) is 16.8. The van der Waals surface area contributed by atoms with E-state index in [1.165, 1.54) is 23.5 Å². The first kappa shape index (κ1) is 26.6. The number of hydrogen-bond acceptors (Lipinski definition) is 5. The fourth-order valence-corrected chi connectivity index (χ4v) is 6.59. The van der Waals surface area contributed by atoms with Crippen LogP contribution >= 0.6 is 23.2 Å². The van der Waals surface area contributed by atoms with E-state index < -0.39 is 0 Å². The summed E-state index contributed by atoms with van der Waals surface area (Å²) in [4.78, 5) is 19.5. The van der Waals surface area contributed by atoms with E-state index in [9.17, 15) is 4.79 Å². The molecule has 2 aromatic carbocycles. The van der Waals surface area contributed by atoms with Gasteiger partial charge in [-0.05, 0) is 55.5 Å². The van der Waals surface area contributed by atoms with Gasteiger partial charge in [0.15, 0.2) is 11.5 Å². The van der Waals surface area contributed by atoms with Crippen LogP contribution in [0.3, 0.4) is 0 Å². The molecule has 1 saturated carbocycles. The predicted octanol–water partition coefficient (Wildman–Crippen LogP) is 6.29. The van der Waals surface area contributed by atoms with Gasteiger partial charge < -0.3 is 20.1 Å². The van der Waals surface area contributed by atoms with Gasteiger partial charge in [-0.3, -0.25) is 9.88 Å². The number of anilines is 1. The van der Waals surface area contributed by atoms with Crippen molar-refractivity contribution in [2.45, 2.75) is 49.7 Å². The first-order valence-electron chi connectivity index (χ1n) is 12.8. The summed E-state index contributed by atoms with van der Waals surface area (Å²) < 4.78 is 11.2. The van der Waals surface area contributed by atoms with E-state index in [1.807, 2.05) is 12.1 Å². The fourth-order valence-electron chi connectivity index (χ4n) is 6.13. The molecule has 3 atom stereocenters.